The molecule has 0 spiro atoms. The first-order chi connectivity index (χ1) is 12.6. The summed E-state index contributed by atoms with van der Waals surface area (Å²) in [5.41, 5.74) is 2.13. The number of hydrogen-bond donors (Lipinski definition) is 0. The Bertz CT molecular complexity index is 1130. The normalized spacial score (nSPS) is 11.4. The highest BCUT2D eigenvalue weighted by atomic mass is 35.5. The van der Waals surface area contributed by atoms with Gasteiger partial charge in [-0.1, -0.05) is 11.6 Å². The van der Waals surface area contributed by atoms with Crippen molar-refractivity contribution >= 4 is 40.5 Å². The fraction of sp³-hybridized carbons (Fsp3) is 0. The molecule has 4 aromatic rings. The van der Waals surface area contributed by atoms with E-state index in [0.717, 1.165) is 5.56 Å². The standard InChI is InChI=1S/C19H11ClN2O4/c20-13-3-8-18-16(11-13)21-19(26-18)10-7-15-6-9-17(25-15)12-1-4-14(5-2-12)22(23)24/h1-11H/b10-7+. The second-order valence-electron chi connectivity index (χ2n) is 5.50. The lowest BCUT2D eigenvalue weighted by molar-refractivity contribution is -0.384. The molecular formula is C19H11ClN2O4. The number of nitro groups is 1. The van der Waals surface area contributed by atoms with Crippen LogP contribution < -0.4 is 0 Å². The summed E-state index contributed by atoms with van der Waals surface area (Å²) in [6.07, 6.45) is 3.44. The first-order valence-electron chi connectivity index (χ1n) is 7.67. The van der Waals surface area contributed by atoms with Crippen molar-refractivity contribution in [1.29, 1.82) is 0 Å². The molecule has 2 aromatic heterocycles. The summed E-state index contributed by atoms with van der Waals surface area (Å²) in [4.78, 5) is 14.6. The molecule has 0 saturated heterocycles. The summed E-state index contributed by atoms with van der Waals surface area (Å²) in [5.74, 6) is 1.66. The van der Waals surface area contributed by atoms with E-state index in [9.17, 15) is 10.1 Å². The van der Waals surface area contributed by atoms with Gasteiger partial charge in [0.05, 0.1) is 4.92 Å². The predicted octanol–water partition coefficient (Wildman–Crippen LogP) is 5.82. The van der Waals surface area contributed by atoms with Crippen LogP contribution in [0.15, 0.2) is 63.4 Å². The molecule has 7 heteroatoms. The van der Waals surface area contributed by atoms with Crippen molar-refractivity contribution in [2.24, 2.45) is 0 Å². The lowest BCUT2D eigenvalue weighted by Gasteiger charge is -1.96. The maximum absolute atomic E-state index is 10.7. The Kier molecular flexibility index (Phi) is 4.02. The summed E-state index contributed by atoms with van der Waals surface area (Å²) >= 11 is 5.94. The number of nitro benzene ring substituents is 1. The quantitative estimate of drug-likeness (QED) is 0.335. The molecule has 0 bridgehead atoms. The number of aromatic nitrogens is 1. The molecule has 0 saturated carbocycles. The molecular weight excluding hydrogens is 356 g/mol. The van der Waals surface area contributed by atoms with Crippen LogP contribution in [0.1, 0.15) is 11.7 Å². The number of fused-ring (bicyclic) bond motifs is 1. The van der Waals surface area contributed by atoms with Crippen molar-refractivity contribution in [3.8, 4) is 11.3 Å². The van der Waals surface area contributed by atoms with E-state index in [0.29, 0.717) is 33.5 Å². The maximum atomic E-state index is 10.7. The molecule has 128 valence electrons. The molecule has 2 aromatic carbocycles. The third-order valence-corrected chi connectivity index (χ3v) is 3.98. The van der Waals surface area contributed by atoms with Gasteiger partial charge in [0.25, 0.3) is 5.69 Å². The molecule has 4 rings (SSSR count). The van der Waals surface area contributed by atoms with E-state index in [4.69, 9.17) is 20.4 Å². The van der Waals surface area contributed by atoms with Crippen LogP contribution in [0.5, 0.6) is 0 Å². The van der Waals surface area contributed by atoms with Gasteiger partial charge in [-0.25, -0.2) is 4.98 Å². The van der Waals surface area contributed by atoms with Crippen molar-refractivity contribution in [1.82, 2.24) is 4.98 Å². The van der Waals surface area contributed by atoms with Crippen LogP contribution in [0.4, 0.5) is 5.69 Å². The second-order valence-corrected chi connectivity index (χ2v) is 5.94. The average molecular weight is 367 g/mol. The molecule has 0 atom stereocenters. The molecule has 0 aliphatic carbocycles. The van der Waals surface area contributed by atoms with Crippen molar-refractivity contribution < 1.29 is 13.8 Å². The molecule has 0 unspecified atom stereocenters. The van der Waals surface area contributed by atoms with Gasteiger partial charge in [0.2, 0.25) is 5.89 Å². The Morgan fingerprint density at radius 1 is 1.00 bits per heavy atom. The van der Waals surface area contributed by atoms with Crippen molar-refractivity contribution in [3.05, 3.63) is 81.4 Å². The van der Waals surface area contributed by atoms with Gasteiger partial charge in [-0.3, -0.25) is 10.1 Å². The molecule has 0 N–H and O–H groups in total. The number of hydrogen-bond acceptors (Lipinski definition) is 5. The number of rotatable bonds is 4. The zero-order valence-corrected chi connectivity index (χ0v) is 14.0. The SMILES string of the molecule is O=[N+]([O-])c1ccc(-c2ccc(/C=C/c3nc4cc(Cl)ccc4o3)o2)cc1. The second kappa shape index (κ2) is 6.50. The van der Waals surface area contributed by atoms with Gasteiger partial charge in [0.15, 0.2) is 5.58 Å². The summed E-state index contributed by atoms with van der Waals surface area (Å²) < 4.78 is 11.3. The maximum Gasteiger partial charge on any atom is 0.269 e. The van der Waals surface area contributed by atoms with Gasteiger partial charge < -0.3 is 8.83 Å². The first kappa shape index (κ1) is 16.1. The van der Waals surface area contributed by atoms with Crippen LogP contribution in [-0.2, 0) is 0 Å². The molecule has 0 radical (unpaired) electrons. The number of nitrogens with zero attached hydrogens (tertiary/aromatic N) is 2. The van der Waals surface area contributed by atoms with Crippen LogP contribution in [0.25, 0.3) is 34.6 Å². The number of benzene rings is 2. The smallest absolute Gasteiger partial charge is 0.269 e. The zero-order valence-electron chi connectivity index (χ0n) is 13.3. The highest BCUT2D eigenvalue weighted by molar-refractivity contribution is 6.31. The van der Waals surface area contributed by atoms with Gasteiger partial charge in [-0.05, 0) is 48.5 Å². The minimum absolute atomic E-state index is 0.0384. The monoisotopic (exact) mass is 366 g/mol. The van der Waals surface area contributed by atoms with Crippen molar-refractivity contribution in [3.63, 3.8) is 0 Å². The Balaban J connectivity index is 1.55. The predicted molar refractivity (Wildman–Crippen MR) is 98.7 cm³/mol. The fourth-order valence-electron chi connectivity index (χ4n) is 2.49. The molecule has 0 amide bonds. The van der Waals surface area contributed by atoms with Crippen LogP contribution >= 0.6 is 11.6 Å². The Morgan fingerprint density at radius 2 is 1.81 bits per heavy atom. The third kappa shape index (κ3) is 3.22. The van der Waals surface area contributed by atoms with Crippen molar-refractivity contribution in [2.75, 3.05) is 0 Å². The van der Waals surface area contributed by atoms with Crippen LogP contribution in [0.3, 0.4) is 0 Å². The van der Waals surface area contributed by atoms with Crippen LogP contribution in [0, 0.1) is 10.1 Å². The van der Waals surface area contributed by atoms with Crippen LogP contribution in [-0.4, -0.2) is 9.91 Å². The van der Waals surface area contributed by atoms with Gasteiger partial charge in [-0.2, -0.15) is 0 Å². The molecule has 0 aliphatic heterocycles. The van der Waals surface area contributed by atoms with E-state index < -0.39 is 4.92 Å². The van der Waals surface area contributed by atoms with Crippen LogP contribution in [0.2, 0.25) is 5.02 Å². The zero-order chi connectivity index (χ0) is 18.1. The minimum atomic E-state index is -0.437. The van der Waals surface area contributed by atoms with E-state index in [-0.39, 0.29) is 5.69 Å². The van der Waals surface area contributed by atoms with Gasteiger partial charge in [0.1, 0.15) is 17.0 Å². The van der Waals surface area contributed by atoms with E-state index in [1.165, 1.54) is 12.1 Å². The average Bonchev–Trinajstić information content (AvgIpc) is 3.26. The Hall–Kier alpha value is -3.38. The largest absolute Gasteiger partial charge is 0.457 e. The van der Waals surface area contributed by atoms with Gasteiger partial charge >= 0.3 is 0 Å². The Labute approximate surface area is 152 Å². The first-order valence-corrected chi connectivity index (χ1v) is 8.05. The van der Waals surface area contributed by atoms with E-state index in [2.05, 4.69) is 4.98 Å². The lowest BCUT2D eigenvalue weighted by Crippen LogP contribution is -1.86. The minimum Gasteiger partial charge on any atom is -0.457 e. The molecule has 2 heterocycles. The lowest BCUT2D eigenvalue weighted by atomic mass is 10.1. The molecule has 0 aliphatic rings. The third-order valence-electron chi connectivity index (χ3n) is 3.75. The number of furan rings is 1. The van der Waals surface area contributed by atoms with Gasteiger partial charge in [0, 0.05) is 28.8 Å². The van der Waals surface area contributed by atoms with E-state index >= 15 is 0 Å². The molecule has 6 nitrogen and oxygen atoms in total. The number of non-ortho nitro benzene ring substituents is 1. The van der Waals surface area contributed by atoms with E-state index in [1.807, 2.05) is 0 Å². The summed E-state index contributed by atoms with van der Waals surface area (Å²) in [6, 6.07) is 15.0. The summed E-state index contributed by atoms with van der Waals surface area (Å²) in [7, 11) is 0. The van der Waals surface area contributed by atoms with Crippen molar-refractivity contribution in [2.45, 2.75) is 0 Å². The molecule has 26 heavy (non-hydrogen) atoms. The van der Waals surface area contributed by atoms with E-state index in [1.54, 1.807) is 54.6 Å². The highest BCUT2D eigenvalue weighted by Gasteiger charge is 2.08. The summed E-state index contributed by atoms with van der Waals surface area (Å²) in [5, 5.41) is 11.3. The number of halogens is 1. The van der Waals surface area contributed by atoms with Gasteiger partial charge in [-0.15, -0.1) is 0 Å². The molecule has 0 fully saturated rings. The number of oxazole rings is 1. The highest BCUT2D eigenvalue weighted by Crippen LogP contribution is 2.26. The topological polar surface area (TPSA) is 82.3 Å². The summed E-state index contributed by atoms with van der Waals surface area (Å²) in [6.45, 7) is 0. The fourth-order valence-corrected chi connectivity index (χ4v) is 2.65. The Morgan fingerprint density at radius 3 is 2.58 bits per heavy atom.